The van der Waals surface area contributed by atoms with Gasteiger partial charge in [0.25, 0.3) is 0 Å². The summed E-state index contributed by atoms with van der Waals surface area (Å²) < 4.78 is 5.11. The summed E-state index contributed by atoms with van der Waals surface area (Å²) in [6.45, 7) is 4.49. The van der Waals surface area contributed by atoms with E-state index in [-0.39, 0.29) is 12.6 Å². The van der Waals surface area contributed by atoms with Crippen molar-refractivity contribution in [2.75, 3.05) is 19.0 Å². The van der Waals surface area contributed by atoms with E-state index in [1.54, 1.807) is 7.11 Å². The Kier molecular flexibility index (Phi) is 5.84. The van der Waals surface area contributed by atoms with E-state index in [2.05, 4.69) is 19.2 Å². The van der Waals surface area contributed by atoms with Gasteiger partial charge in [-0.05, 0) is 36.6 Å². The third-order valence-electron chi connectivity index (χ3n) is 3.07. The average molecular weight is 237 g/mol. The topological polar surface area (TPSA) is 41.5 Å². The molecule has 17 heavy (non-hydrogen) atoms. The molecule has 0 radical (unpaired) electrons. The van der Waals surface area contributed by atoms with Gasteiger partial charge in [0.1, 0.15) is 5.75 Å². The molecule has 0 spiro atoms. The fourth-order valence-corrected chi connectivity index (χ4v) is 1.93. The Balaban J connectivity index is 2.60. The van der Waals surface area contributed by atoms with Crippen LogP contribution in [0.3, 0.4) is 0 Å². The molecule has 96 valence electrons. The number of benzene rings is 1. The Morgan fingerprint density at radius 2 is 1.94 bits per heavy atom. The van der Waals surface area contributed by atoms with Crippen LogP contribution in [0.1, 0.15) is 26.7 Å². The fourth-order valence-electron chi connectivity index (χ4n) is 1.93. The molecule has 0 fully saturated rings. The molecule has 2 N–H and O–H groups in total. The van der Waals surface area contributed by atoms with E-state index in [0.29, 0.717) is 5.92 Å². The number of nitrogens with one attached hydrogen (secondary N) is 1. The summed E-state index contributed by atoms with van der Waals surface area (Å²) in [6, 6.07) is 7.89. The highest BCUT2D eigenvalue weighted by Crippen LogP contribution is 2.19. The summed E-state index contributed by atoms with van der Waals surface area (Å²) in [7, 11) is 1.66. The minimum Gasteiger partial charge on any atom is -0.497 e. The van der Waals surface area contributed by atoms with Crippen LogP contribution >= 0.6 is 0 Å². The lowest BCUT2D eigenvalue weighted by atomic mass is 9.97. The molecule has 0 aliphatic carbocycles. The summed E-state index contributed by atoms with van der Waals surface area (Å²) in [6.07, 6.45) is 2.26. The van der Waals surface area contributed by atoms with Gasteiger partial charge in [0, 0.05) is 5.69 Å². The minimum atomic E-state index is 0.114. The van der Waals surface area contributed by atoms with Gasteiger partial charge in [0.2, 0.25) is 0 Å². The van der Waals surface area contributed by atoms with Gasteiger partial charge in [0.05, 0.1) is 19.8 Å². The van der Waals surface area contributed by atoms with Crippen LogP contribution in [0.2, 0.25) is 0 Å². The highest BCUT2D eigenvalue weighted by Gasteiger charge is 2.15. The Labute approximate surface area is 104 Å². The number of rotatable bonds is 7. The third kappa shape index (κ3) is 4.27. The molecule has 2 atom stereocenters. The van der Waals surface area contributed by atoms with E-state index < -0.39 is 0 Å². The first-order valence-corrected chi connectivity index (χ1v) is 6.22. The van der Waals surface area contributed by atoms with Crippen molar-refractivity contribution in [3.8, 4) is 5.75 Å². The van der Waals surface area contributed by atoms with E-state index in [4.69, 9.17) is 4.74 Å². The number of hydrogen-bond donors (Lipinski definition) is 2. The summed E-state index contributed by atoms with van der Waals surface area (Å²) in [5.41, 5.74) is 1.02. The molecule has 0 aromatic heterocycles. The quantitative estimate of drug-likeness (QED) is 0.766. The van der Waals surface area contributed by atoms with E-state index in [0.717, 1.165) is 24.3 Å². The summed E-state index contributed by atoms with van der Waals surface area (Å²) in [5, 5.41) is 12.8. The lowest BCUT2D eigenvalue weighted by molar-refractivity contribution is 0.238. The van der Waals surface area contributed by atoms with Crippen molar-refractivity contribution in [3.63, 3.8) is 0 Å². The average Bonchev–Trinajstić information content (AvgIpc) is 2.37. The van der Waals surface area contributed by atoms with Crippen LogP contribution in [0.25, 0.3) is 0 Å². The smallest absolute Gasteiger partial charge is 0.119 e. The minimum absolute atomic E-state index is 0.114. The maximum atomic E-state index is 9.40. The lowest BCUT2D eigenvalue weighted by Gasteiger charge is -2.24. The molecular weight excluding hydrogens is 214 g/mol. The number of ether oxygens (including phenoxy) is 1. The van der Waals surface area contributed by atoms with E-state index in [9.17, 15) is 5.11 Å². The van der Waals surface area contributed by atoms with Gasteiger partial charge in [-0.1, -0.05) is 20.3 Å². The molecule has 1 aromatic rings. The largest absolute Gasteiger partial charge is 0.497 e. The number of aliphatic hydroxyl groups excluding tert-OH is 1. The second-order valence-electron chi connectivity index (χ2n) is 4.43. The third-order valence-corrected chi connectivity index (χ3v) is 3.07. The van der Waals surface area contributed by atoms with Crippen LogP contribution in [0.4, 0.5) is 5.69 Å². The maximum absolute atomic E-state index is 9.40. The first kappa shape index (κ1) is 13.8. The molecule has 1 aromatic carbocycles. The van der Waals surface area contributed by atoms with Crippen LogP contribution in [0.5, 0.6) is 5.75 Å². The highest BCUT2D eigenvalue weighted by molar-refractivity contribution is 5.47. The lowest BCUT2D eigenvalue weighted by Crippen LogP contribution is -2.31. The predicted molar refractivity (Wildman–Crippen MR) is 71.6 cm³/mol. The van der Waals surface area contributed by atoms with Crippen molar-refractivity contribution in [2.45, 2.75) is 32.7 Å². The van der Waals surface area contributed by atoms with Crippen LogP contribution in [-0.2, 0) is 0 Å². The van der Waals surface area contributed by atoms with Crippen molar-refractivity contribution in [2.24, 2.45) is 5.92 Å². The zero-order valence-electron chi connectivity index (χ0n) is 10.9. The summed E-state index contributed by atoms with van der Waals surface area (Å²) in [5.74, 6) is 1.31. The molecule has 0 saturated carbocycles. The van der Waals surface area contributed by atoms with Crippen LogP contribution in [0, 0.1) is 5.92 Å². The molecule has 2 unspecified atom stereocenters. The van der Waals surface area contributed by atoms with Gasteiger partial charge in [-0.3, -0.25) is 0 Å². The van der Waals surface area contributed by atoms with Crippen LogP contribution in [-0.4, -0.2) is 24.9 Å². The van der Waals surface area contributed by atoms with Crippen molar-refractivity contribution >= 4 is 5.69 Å². The number of methoxy groups -OCH3 is 1. The van der Waals surface area contributed by atoms with Crippen molar-refractivity contribution in [3.05, 3.63) is 24.3 Å². The Morgan fingerprint density at radius 3 is 2.41 bits per heavy atom. The van der Waals surface area contributed by atoms with Gasteiger partial charge in [-0.15, -0.1) is 0 Å². The van der Waals surface area contributed by atoms with Crippen LogP contribution in [0.15, 0.2) is 24.3 Å². The van der Waals surface area contributed by atoms with Gasteiger partial charge < -0.3 is 15.2 Å². The van der Waals surface area contributed by atoms with E-state index in [1.807, 2.05) is 24.3 Å². The summed E-state index contributed by atoms with van der Waals surface area (Å²) >= 11 is 0. The summed E-state index contributed by atoms with van der Waals surface area (Å²) in [4.78, 5) is 0. The zero-order chi connectivity index (χ0) is 12.7. The molecule has 0 amide bonds. The second kappa shape index (κ2) is 7.17. The van der Waals surface area contributed by atoms with Gasteiger partial charge in [-0.25, -0.2) is 0 Å². The normalized spacial score (nSPS) is 14.1. The maximum Gasteiger partial charge on any atom is 0.119 e. The molecule has 1 rings (SSSR count). The molecular formula is C14H23NO2. The molecule has 0 saturated heterocycles. The van der Waals surface area contributed by atoms with Gasteiger partial charge in [-0.2, -0.15) is 0 Å². The zero-order valence-corrected chi connectivity index (χ0v) is 10.9. The Morgan fingerprint density at radius 1 is 1.29 bits per heavy atom. The van der Waals surface area contributed by atoms with Crippen molar-refractivity contribution in [1.29, 1.82) is 0 Å². The van der Waals surface area contributed by atoms with Gasteiger partial charge in [0.15, 0.2) is 0 Å². The molecule has 0 aliphatic heterocycles. The number of hydrogen-bond acceptors (Lipinski definition) is 3. The predicted octanol–water partition coefficient (Wildman–Crippen LogP) is 2.90. The molecule has 3 nitrogen and oxygen atoms in total. The molecule has 0 heterocycles. The van der Waals surface area contributed by atoms with Crippen LogP contribution < -0.4 is 10.1 Å². The van der Waals surface area contributed by atoms with E-state index >= 15 is 0 Å². The Hall–Kier alpha value is -1.22. The SMILES string of the molecule is CCCC(C)C(CO)Nc1ccc(OC)cc1. The first-order chi connectivity index (χ1) is 8.21. The van der Waals surface area contributed by atoms with E-state index in [1.165, 1.54) is 0 Å². The van der Waals surface area contributed by atoms with Gasteiger partial charge >= 0.3 is 0 Å². The van der Waals surface area contributed by atoms with Crippen molar-refractivity contribution < 1.29 is 9.84 Å². The highest BCUT2D eigenvalue weighted by atomic mass is 16.5. The molecule has 3 heteroatoms. The second-order valence-corrected chi connectivity index (χ2v) is 4.43. The number of anilines is 1. The Bertz CT molecular complexity index is 311. The standard InChI is InChI=1S/C14H23NO2/c1-4-5-11(2)14(10-16)15-12-6-8-13(17-3)9-7-12/h6-9,11,14-16H,4-5,10H2,1-3H3. The number of aliphatic hydroxyl groups is 1. The molecule has 0 aliphatic rings. The van der Waals surface area contributed by atoms with Crippen molar-refractivity contribution in [1.82, 2.24) is 0 Å². The fraction of sp³-hybridized carbons (Fsp3) is 0.571. The monoisotopic (exact) mass is 237 g/mol. The molecule has 0 bridgehead atoms. The first-order valence-electron chi connectivity index (χ1n) is 6.22.